The molecule has 14 heavy (non-hydrogen) atoms. The Morgan fingerprint density at radius 3 is 2.64 bits per heavy atom. The molecule has 0 aromatic rings. The molecule has 0 saturated carbocycles. The second kappa shape index (κ2) is 3.42. The van der Waals surface area contributed by atoms with Gasteiger partial charge in [0.15, 0.2) is 0 Å². The zero-order chi connectivity index (χ0) is 10.9. The van der Waals surface area contributed by atoms with Gasteiger partial charge in [0.05, 0.1) is 12.5 Å². The van der Waals surface area contributed by atoms with E-state index in [9.17, 15) is 18.0 Å². The predicted molar refractivity (Wildman–Crippen MR) is 42.3 cm³/mol. The van der Waals surface area contributed by atoms with Crippen LogP contribution in [0.3, 0.4) is 0 Å². The number of carbonyl (C=O) groups is 2. The summed E-state index contributed by atoms with van der Waals surface area (Å²) in [6, 6.07) is 0. The number of nitrogens with two attached hydrogens (primary N) is 1. The molecule has 1 aliphatic rings. The molecular weight excluding hydrogens is 216 g/mol. The van der Waals surface area contributed by atoms with Crippen molar-refractivity contribution in [2.24, 2.45) is 11.7 Å². The Balaban J connectivity index is 2.45. The van der Waals surface area contributed by atoms with Gasteiger partial charge in [0, 0.05) is 0 Å². The highest BCUT2D eigenvalue weighted by Gasteiger charge is 2.44. The van der Waals surface area contributed by atoms with Gasteiger partial charge in [-0.3, -0.25) is 9.35 Å². The van der Waals surface area contributed by atoms with Crippen molar-refractivity contribution in [2.45, 2.75) is 0 Å². The topological polar surface area (TPSA) is 127 Å². The van der Waals surface area contributed by atoms with Gasteiger partial charge in [-0.05, 0) is 0 Å². The van der Waals surface area contributed by atoms with E-state index in [1.165, 1.54) is 0 Å². The van der Waals surface area contributed by atoms with Gasteiger partial charge in [-0.1, -0.05) is 0 Å². The zero-order valence-electron chi connectivity index (χ0n) is 6.91. The molecule has 1 fully saturated rings. The molecule has 1 heterocycles. The van der Waals surface area contributed by atoms with Crippen molar-refractivity contribution in [3.05, 3.63) is 0 Å². The molecule has 0 spiro atoms. The second-order valence-corrected chi connectivity index (χ2v) is 4.01. The summed E-state index contributed by atoms with van der Waals surface area (Å²) < 4.78 is 33.9. The molecule has 1 rings (SSSR count). The number of carbonyl (C=O) groups excluding carboxylic acids is 2. The average Bonchev–Trinajstić information content (AvgIpc) is 1.98. The van der Waals surface area contributed by atoms with Crippen LogP contribution >= 0.6 is 0 Å². The molecule has 1 atom stereocenters. The van der Waals surface area contributed by atoms with Crippen LogP contribution in [-0.4, -0.2) is 42.4 Å². The first-order valence-corrected chi connectivity index (χ1v) is 4.93. The molecule has 3 N–H and O–H groups in total. The lowest BCUT2D eigenvalue weighted by molar-refractivity contribution is -0.142. The summed E-state index contributed by atoms with van der Waals surface area (Å²) in [7, 11) is -4.47. The molecule has 8 nitrogen and oxygen atoms in total. The van der Waals surface area contributed by atoms with Gasteiger partial charge in [-0.15, -0.1) is 0 Å². The molecule has 2 amide bonds. The monoisotopic (exact) mass is 224 g/mol. The van der Waals surface area contributed by atoms with Crippen molar-refractivity contribution in [3.63, 3.8) is 0 Å². The maximum Gasteiger partial charge on any atom is 0.404 e. The van der Waals surface area contributed by atoms with E-state index in [0.29, 0.717) is 0 Å². The Morgan fingerprint density at radius 2 is 2.29 bits per heavy atom. The maximum absolute atomic E-state index is 11.0. The Bertz CT molecular complexity index is 362. The van der Waals surface area contributed by atoms with E-state index >= 15 is 0 Å². The van der Waals surface area contributed by atoms with Crippen LogP contribution in [0.15, 0.2) is 0 Å². The third-order valence-electron chi connectivity index (χ3n) is 1.69. The first-order valence-electron chi connectivity index (χ1n) is 3.53. The third-order valence-corrected chi connectivity index (χ3v) is 2.57. The van der Waals surface area contributed by atoms with Crippen LogP contribution in [0.2, 0.25) is 0 Å². The fourth-order valence-corrected chi connectivity index (χ4v) is 1.72. The highest BCUT2D eigenvalue weighted by atomic mass is 32.2. The molecule has 9 heteroatoms. The van der Waals surface area contributed by atoms with E-state index in [0.717, 1.165) is 0 Å². The lowest BCUT2D eigenvalue weighted by Crippen LogP contribution is -2.56. The minimum Gasteiger partial charge on any atom is -0.449 e. The summed E-state index contributed by atoms with van der Waals surface area (Å²) in [6.45, 7) is -0.481. The van der Waals surface area contributed by atoms with Crippen LogP contribution in [0.4, 0.5) is 4.79 Å². The van der Waals surface area contributed by atoms with Crippen molar-refractivity contribution < 1.29 is 27.3 Å². The van der Waals surface area contributed by atoms with Crippen LogP contribution < -0.4 is 5.73 Å². The molecule has 1 unspecified atom stereocenters. The summed E-state index contributed by atoms with van der Waals surface area (Å²) >= 11 is 0. The maximum atomic E-state index is 11.0. The van der Waals surface area contributed by atoms with Gasteiger partial charge in [0.1, 0.15) is 6.61 Å². The largest absolute Gasteiger partial charge is 0.449 e. The lowest BCUT2D eigenvalue weighted by Gasteiger charge is -2.34. The number of β-lactam (4-membered cyclic amide) rings is 1. The van der Waals surface area contributed by atoms with Gasteiger partial charge in [0.25, 0.3) is 0 Å². The number of amides is 2. The van der Waals surface area contributed by atoms with Crippen molar-refractivity contribution in [1.29, 1.82) is 0 Å². The summed E-state index contributed by atoms with van der Waals surface area (Å²) in [6.07, 6.45) is -1.04. The van der Waals surface area contributed by atoms with Gasteiger partial charge in [-0.25, -0.2) is 9.10 Å². The normalized spacial score (nSPS) is 21.6. The summed E-state index contributed by atoms with van der Waals surface area (Å²) in [5.74, 6) is -1.56. The standard InChI is InChI=1S/C5H8N2O6S/c6-5(9)13-2-3-1-7(4(3)8)14(10,11)12/h3H,1-2H2,(H2,6,9)(H,10,11,12). The smallest absolute Gasteiger partial charge is 0.404 e. The second-order valence-electron chi connectivity index (χ2n) is 2.67. The minimum atomic E-state index is -4.47. The predicted octanol–water partition coefficient (Wildman–Crippen LogP) is -1.66. The fraction of sp³-hybridized carbons (Fsp3) is 0.600. The molecule has 0 radical (unpaired) electrons. The fourth-order valence-electron chi connectivity index (χ4n) is 0.974. The number of primary amides is 1. The van der Waals surface area contributed by atoms with Gasteiger partial charge in [-0.2, -0.15) is 8.42 Å². The molecule has 0 aromatic carbocycles. The van der Waals surface area contributed by atoms with Crippen LogP contribution in [0, 0.1) is 5.92 Å². The van der Waals surface area contributed by atoms with Gasteiger partial charge in [0.2, 0.25) is 5.91 Å². The number of hydrogen-bond acceptors (Lipinski definition) is 5. The zero-order valence-corrected chi connectivity index (χ0v) is 7.73. The average molecular weight is 224 g/mol. The minimum absolute atomic E-state index is 0.203. The van der Waals surface area contributed by atoms with Gasteiger partial charge < -0.3 is 10.5 Å². The van der Waals surface area contributed by atoms with Crippen molar-refractivity contribution in [2.75, 3.05) is 13.2 Å². The third kappa shape index (κ3) is 2.12. The van der Waals surface area contributed by atoms with Crippen LogP contribution in [0.25, 0.3) is 0 Å². The molecule has 0 aromatic heterocycles. The summed E-state index contributed by atoms with van der Waals surface area (Å²) in [4.78, 5) is 21.1. The highest BCUT2D eigenvalue weighted by Crippen LogP contribution is 2.20. The number of rotatable bonds is 3. The van der Waals surface area contributed by atoms with E-state index in [1.54, 1.807) is 0 Å². The number of nitrogens with zero attached hydrogens (tertiary/aromatic N) is 1. The number of ether oxygens (including phenoxy) is 1. The lowest BCUT2D eigenvalue weighted by atomic mass is 10.0. The van der Waals surface area contributed by atoms with Crippen LogP contribution in [0.5, 0.6) is 0 Å². The van der Waals surface area contributed by atoms with Crippen LogP contribution in [0.1, 0.15) is 0 Å². The van der Waals surface area contributed by atoms with E-state index in [1.807, 2.05) is 0 Å². The van der Waals surface area contributed by atoms with E-state index in [-0.39, 0.29) is 17.5 Å². The molecule has 0 aliphatic carbocycles. The van der Waals surface area contributed by atoms with Gasteiger partial charge >= 0.3 is 16.4 Å². The summed E-state index contributed by atoms with van der Waals surface area (Å²) in [5.41, 5.74) is 4.63. The summed E-state index contributed by atoms with van der Waals surface area (Å²) in [5, 5.41) is 0. The quantitative estimate of drug-likeness (QED) is 0.436. The van der Waals surface area contributed by atoms with E-state index in [2.05, 4.69) is 10.5 Å². The van der Waals surface area contributed by atoms with Crippen molar-refractivity contribution in [3.8, 4) is 0 Å². The number of hydrogen-bond donors (Lipinski definition) is 2. The van der Waals surface area contributed by atoms with Crippen molar-refractivity contribution in [1.82, 2.24) is 4.31 Å². The molecule has 80 valence electrons. The Labute approximate surface area is 79.5 Å². The van der Waals surface area contributed by atoms with E-state index in [4.69, 9.17) is 4.55 Å². The Hall–Kier alpha value is -1.35. The molecule has 0 bridgehead atoms. The van der Waals surface area contributed by atoms with Crippen molar-refractivity contribution >= 4 is 22.3 Å². The first kappa shape index (κ1) is 10.7. The Morgan fingerprint density at radius 1 is 1.71 bits per heavy atom. The first-order chi connectivity index (χ1) is 6.32. The van der Waals surface area contributed by atoms with E-state index < -0.39 is 28.2 Å². The SMILES string of the molecule is NC(=O)OCC1CN(S(=O)(=O)O)C1=O. The molecular formula is C5H8N2O6S. The molecule has 1 aliphatic heterocycles. The molecule has 1 saturated heterocycles. The Kier molecular flexibility index (Phi) is 2.62. The highest BCUT2D eigenvalue weighted by molar-refractivity contribution is 7.84. The van der Waals surface area contributed by atoms with Crippen LogP contribution in [-0.2, 0) is 19.8 Å².